The minimum atomic E-state index is -0.539. The van der Waals surface area contributed by atoms with Gasteiger partial charge in [0.25, 0.3) is 5.91 Å². The van der Waals surface area contributed by atoms with E-state index in [2.05, 4.69) is 15.6 Å². The summed E-state index contributed by atoms with van der Waals surface area (Å²) in [7, 11) is 0. The third kappa shape index (κ3) is 5.13. The molecule has 0 saturated heterocycles. The van der Waals surface area contributed by atoms with E-state index < -0.39 is 6.04 Å². The highest BCUT2D eigenvalue weighted by molar-refractivity contribution is 6.06. The topological polar surface area (TPSA) is 94.0 Å². The quantitative estimate of drug-likeness (QED) is 0.283. The van der Waals surface area contributed by atoms with Crippen molar-refractivity contribution in [3.63, 3.8) is 0 Å². The van der Waals surface area contributed by atoms with E-state index in [1.54, 1.807) is 17.1 Å². The molecule has 6 rings (SSSR count). The highest BCUT2D eigenvalue weighted by Crippen LogP contribution is 2.37. The Balaban J connectivity index is 1.39. The molecule has 3 aromatic carbocycles. The molecule has 0 saturated carbocycles. The normalized spacial score (nSPS) is 14.3. The molecule has 3 heterocycles. The Morgan fingerprint density at radius 1 is 0.974 bits per heavy atom. The van der Waals surface area contributed by atoms with Gasteiger partial charge in [-0.15, -0.1) is 5.10 Å². The number of rotatable bonds is 7. The number of pyridine rings is 1. The van der Waals surface area contributed by atoms with Gasteiger partial charge in [-0.1, -0.05) is 60.7 Å². The van der Waals surface area contributed by atoms with Gasteiger partial charge in [0, 0.05) is 29.3 Å². The van der Waals surface area contributed by atoms with E-state index in [9.17, 15) is 4.79 Å². The van der Waals surface area contributed by atoms with Gasteiger partial charge in [0.05, 0.1) is 5.57 Å². The van der Waals surface area contributed by atoms with E-state index in [1.165, 1.54) is 0 Å². The van der Waals surface area contributed by atoms with Crippen molar-refractivity contribution < 1.29 is 9.53 Å². The number of nitrogens with zero attached hydrogens (tertiary/aromatic N) is 4. The molecular formula is C31H26N6O2. The largest absolute Gasteiger partial charge is 0.489 e. The molecule has 1 aliphatic heterocycles. The molecule has 0 aliphatic carbocycles. The van der Waals surface area contributed by atoms with Crippen LogP contribution in [0.25, 0.3) is 11.4 Å². The fourth-order valence-electron chi connectivity index (χ4n) is 4.61. The van der Waals surface area contributed by atoms with Crippen molar-refractivity contribution in [1.29, 1.82) is 0 Å². The number of benzene rings is 3. The van der Waals surface area contributed by atoms with Crippen LogP contribution in [0.5, 0.6) is 5.75 Å². The van der Waals surface area contributed by atoms with Gasteiger partial charge < -0.3 is 15.4 Å². The van der Waals surface area contributed by atoms with Crippen LogP contribution in [0.3, 0.4) is 0 Å². The van der Waals surface area contributed by atoms with E-state index in [0.717, 1.165) is 16.7 Å². The number of para-hydroxylation sites is 1. The Morgan fingerprint density at radius 2 is 1.77 bits per heavy atom. The van der Waals surface area contributed by atoms with Crippen molar-refractivity contribution in [3.8, 4) is 17.1 Å². The number of allylic oxidation sites excluding steroid dienone is 1. The molecule has 1 aliphatic rings. The van der Waals surface area contributed by atoms with Crippen molar-refractivity contribution in [2.45, 2.75) is 19.6 Å². The average molecular weight is 515 g/mol. The Morgan fingerprint density at radius 3 is 2.54 bits per heavy atom. The standard InChI is InChI=1S/C31H26N6O2/c1-21-27(30(38)34-25-14-6-3-7-15-25)28(37-31(33-21)35-29(36-37)24-13-9-17-32-19-24)23-12-8-16-26(18-23)39-20-22-10-4-2-5-11-22/h2-19,28H,20H2,1H3,(H,34,38)(H,33,35,36). The third-order valence-electron chi connectivity index (χ3n) is 6.47. The first kappa shape index (κ1) is 24.1. The average Bonchev–Trinajstić information content (AvgIpc) is 3.40. The van der Waals surface area contributed by atoms with Crippen LogP contribution >= 0.6 is 0 Å². The van der Waals surface area contributed by atoms with Gasteiger partial charge in [-0.25, -0.2) is 4.68 Å². The fraction of sp³-hybridized carbons (Fsp3) is 0.0968. The molecule has 1 amide bonds. The fourth-order valence-corrected chi connectivity index (χ4v) is 4.61. The maximum atomic E-state index is 13.7. The molecular weight excluding hydrogens is 488 g/mol. The predicted molar refractivity (Wildman–Crippen MR) is 150 cm³/mol. The van der Waals surface area contributed by atoms with Crippen molar-refractivity contribution in [3.05, 3.63) is 132 Å². The van der Waals surface area contributed by atoms with Crippen LogP contribution in [0.15, 0.2) is 121 Å². The summed E-state index contributed by atoms with van der Waals surface area (Å²) in [4.78, 5) is 22.7. The van der Waals surface area contributed by atoms with E-state index in [4.69, 9.17) is 14.8 Å². The van der Waals surface area contributed by atoms with Crippen LogP contribution in [0.2, 0.25) is 0 Å². The Bertz CT molecular complexity index is 1630. The minimum Gasteiger partial charge on any atom is -0.489 e. The summed E-state index contributed by atoms with van der Waals surface area (Å²) in [6, 6.07) is 30.4. The highest BCUT2D eigenvalue weighted by atomic mass is 16.5. The number of anilines is 2. The molecule has 0 radical (unpaired) electrons. The molecule has 1 atom stereocenters. The second-order valence-corrected chi connectivity index (χ2v) is 9.18. The number of fused-ring (bicyclic) bond motifs is 1. The predicted octanol–water partition coefficient (Wildman–Crippen LogP) is 5.85. The SMILES string of the molecule is CC1=C(C(=O)Nc2ccccc2)C(c2cccc(OCc3ccccc3)c2)n2nc(-c3cccnc3)nc2N1. The molecule has 5 aromatic rings. The number of carbonyl (C=O) groups is 1. The van der Waals surface area contributed by atoms with Gasteiger partial charge in [0.2, 0.25) is 5.95 Å². The maximum absolute atomic E-state index is 13.7. The van der Waals surface area contributed by atoms with Crippen LogP contribution < -0.4 is 15.4 Å². The lowest BCUT2D eigenvalue weighted by Gasteiger charge is -2.29. The second-order valence-electron chi connectivity index (χ2n) is 9.18. The molecule has 0 spiro atoms. The molecule has 39 heavy (non-hydrogen) atoms. The number of hydrogen-bond acceptors (Lipinski definition) is 6. The number of hydrogen-bond donors (Lipinski definition) is 2. The molecule has 192 valence electrons. The molecule has 8 nitrogen and oxygen atoms in total. The smallest absolute Gasteiger partial charge is 0.255 e. The Hall–Kier alpha value is -5.24. The number of ether oxygens (including phenoxy) is 1. The Labute approximate surface area is 226 Å². The zero-order chi connectivity index (χ0) is 26.6. The summed E-state index contributed by atoms with van der Waals surface area (Å²) >= 11 is 0. The van der Waals surface area contributed by atoms with Gasteiger partial charge in [-0.05, 0) is 54.4 Å². The van der Waals surface area contributed by atoms with Crippen molar-refractivity contribution in [2.75, 3.05) is 10.6 Å². The monoisotopic (exact) mass is 514 g/mol. The van der Waals surface area contributed by atoms with Crippen LogP contribution in [-0.2, 0) is 11.4 Å². The molecule has 1 unspecified atom stereocenters. The van der Waals surface area contributed by atoms with Crippen LogP contribution in [0, 0.1) is 0 Å². The zero-order valence-electron chi connectivity index (χ0n) is 21.3. The van der Waals surface area contributed by atoms with E-state index in [0.29, 0.717) is 41.1 Å². The molecule has 8 heteroatoms. The number of carbonyl (C=O) groups excluding carboxylic acids is 1. The van der Waals surface area contributed by atoms with Gasteiger partial charge in [0.15, 0.2) is 5.82 Å². The zero-order valence-corrected chi connectivity index (χ0v) is 21.3. The first-order valence-electron chi connectivity index (χ1n) is 12.6. The second kappa shape index (κ2) is 10.6. The molecule has 0 fully saturated rings. The number of amides is 1. The lowest BCUT2D eigenvalue weighted by atomic mass is 9.95. The van der Waals surface area contributed by atoms with Crippen LogP contribution in [-0.4, -0.2) is 25.7 Å². The van der Waals surface area contributed by atoms with Crippen molar-refractivity contribution in [2.24, 2.45) is 0 Å². The Kier molecular flexibility index (Phi) is 6.57. The van der Waals surface area contributed by atoms with E-state index >= 15 is 0 Å². The molecule has 0 bridgehead atoms. The number of aromatic nitrogens is 4. The van der Waals surface area contributed by atoms with Gasteiger partial charge in [0.1, 0.15) is 18.4 Å². The van der Waals surface area contributed by atoms with Gasteiger partial charge in [-0.2, -0.15) is 4.98 Å². The lowest BCUT2D eigenvalue weighted by molar-refractivity contribution is -0.113. The van der Waals surface area contributed by atoms with Crippen molar-refractivity contribution >= 4 is 17.5 Å². The van der Waals surface area contributed by atoms with Gasteiger partial charge in [-0.3, -0.25) is 9.78 Å². The third-order valence-corrected chi connectivity index (χ3v) is 6.47. The summed E-state index contributed by atoms with van der Waals surface area (Å²) in [5.41, 5.74) is 4.65. The molecule has 2 aromatic heterocycles. The lowest BCUT2D eigenvalue weighted by Crippen LogP contribution is -2.31. The summed E-state index contributed by atoms with van der Waals surface area (Å²) in [6.45, 7) is 2.32. The van der Waals surface area contributed by atoms with Crippen LogP contribution in [0.4, 0.5) is 11.6 Å². The highest BCUT2D eigenvalue weighted by Gasteiger charge is 2.34. The summed E-state index contributed by atoms with van der Waals surface area (Å²) in [6.07, 6.45) is 3.43. The first-order valence-corrected chi connectivity index (χ1v) is 12.6. The summed E-state index contributed by atoms with van der Waals surface area (Å²) in [5, 5.41) is 11.1. The first-order chi connectivity index (χ1) is 19.2. The van der Waals surface area contributed by atoms with Crippen LogP contribution in [0.1, 0.15) is 24.1 Å². The van der Waals surface area contributed by atoms with Crippen molar-refractivity contribution in [1.82, 2.24) is 19.7 Å². The maximum Gasteiger partial charge on any atom is 0.255 e. The minimum absolute atomic E-state index is 0.226. The van der Waals surface area contributed by atoms with E-state index in [1.807, 2.05) is 104 Å². The summed E-state index contributed by atoms with van der Waals surface area (Å²) in [5.74, 6) is 1.54. The molecule has 2 N–H and O–H groups in total. The number of nitrogens with one attached hydrogen (secondary N) is 2. The van der Waals surface area contributed by atoms with E-state index in [-0.39, 0.29) is 5.91 Å². The summed E-state index contributed by atoms with van der Waals surface area (Å²) < 4.78 is 7.87. The van der Waals surface area contributed by atoms with Gasteiger partial charge >= 0.3 is 0 Å².